The molecule has 0 saturated carbocycles. The van der Waals surface area contributed by atoms with E-state index in [0.717, 1.165) is 22.8 Å². The van der Waals surface area contributed by atoms with Crippen molar-refractivity contribution < 1.29 is 14.3 Å². The summed E-state index contributed by atoms with van der Waals surface area (Å²) in [4.78, 5) is 14.4. The van der Waals surface area contributed by atoms with Crippen molar-refractivity contribution >= 4 is 23.0 Å². The maximum atomic E-state index is 12.2. The monoisotopic (exact) mass is 390 g/mol. The van der Waals surface area contributed by atoms with Gasteiger partial charge >= 0.3 is 0 Å². The standard InChI is InChI=1S/C24H26N2O3/c1-18(2)26(20-7-5-4-6-8-20)21-11-9-19(10-12-21)25-24(27)17-29-23-15-13-22(28-3)14-16-23/h4-16,18H,17H2,1-3H3,(H,25,27). The number of benzene rings is 3. The molecule has 0 saturated heterocycles. The average molecular weight is 390 g/mol. The summed E-state index contributed by atoms with van der Waals surface area (Å²) < 4.78 is 10.6. The Morgan fingerprint density at radius 2 is 1.45 bits per heavy atom. The van der Waals surface area contributed by atoms with Crippen LogP contribution in [0.2, 0.25) is 0 Å². The van der Waals surface area contributed by atoms with Crippen molar-refractivity contribution in [1.82, 2.24) is 0 Å². The van der Waals surface area contributed by atoms with E-state index in [1.165, 1.54) is 0 Å². The Balaban J connectivity index is 1.59. The Morgan fingerprint density at radius 1 is 0.862 bits per heavy atom. The maximum absolute atomic E-state index is 12.2. The molecule has 3 aromatic rings. The van der Waals surface area contributed by atoms with Gasteiger partial charge in [0.1, 0.15) is 11.5 Å². The predicted molar refractivity (Wildman–Crippen MR) is 117 cm³/mol. The SMILES string of the molecule is COc1ccc(OCC(=O)Nc2ccc(N(c3ccccc3)C(C)C)cc2)cc1. The molecule has 0 atom stereocenters. The molecule has 0 aliphatic rings. The average Bonchev–Trinajstić information content (AvgIpc) is 2.74. The highest BCUT2D eigenvalue weighted by atomic mass is 16.5. The van der Waals surface area contributed by atoms with Gasteiger partial charge in [-0.1, -0.05) is 18.2 Å². The molecule has 0 aliphatic heterocycles. The number of ether oxygens (including phenoxy) is 2. The van der Waals surface area contributed by atoms with Gasteiger partial charge in [-0.05, 0) is 74.5 Å². The fourth-order valence-corrected chi connectivity index (χ4v) is 3.06. The molecule has 0 fully saturated rings. The van der Waals surface area contributed by atoms with Gasteiger partial charge in [0.2, 0.25) is 0 Å². The summed E-state index contributed by atoms with van der Waals surface area (Å²) in [5, 5.41) is 2.86. The van der Waals surface area contributed by atoms with Crippen LogP contribution in [0.3, 0.4) is 0 Å². The lowest BCUT2D eigenvalue weighted by Gasteiger charge is -2.29. The molecule has 5 heteroatoms. The summed E-state index contributed by atoms with van der Waals surface area (Å²) >= 11 is 0. The number of rotatable bonds is 8. The number of carbonyl (C=O) groups is 1. The Morgan fingerprint density at radius 3 is 2.03 bits per heavy atom. The lowest BCUT2D eigenvalue weighted by Crippen LogP contribution is -2.25. The third-order valence-corrected chi connectivity index (χ3v) is 4.41. The van der Waals surface area contributed by atoms with Crippen LogP contribution in [0.1, 0.15) is 13.8 Å². The van der Waals surface area contributed by atoms with Crippen molar-refractivity contribution in [2.45, 2.75) is 19.9 Å². The quantitative estimate of drug-likeness (QED) is 0.570. The van der Waals surface area contributed by atoms with E-state index in [9.17, 15) is 4.79 Å². The normalized spacial score (nSPS) is 10.5. The number of nitrogens with one attached hydrogen (secondary N) is 1. The van der Waals surface area contributed by atoms with Crippen LogP contribution in [0.15, 0.2) is 78.9 Å². The molecule has 5 nitrogen and oxygen atoms in total. The Kier molecular flexibility index (Phi) is 6.74. The van der Waals surface area contributed by atoms with E-state index in [-0.39, 0.29) is 12.5 Å². The van der Waals surface area contributed by atoms with Crippen LogP contribution >= 0.6 is 0 Å². The number of hydrogen-bond donors (Lipinski definition) is 1. The predicted octanol–water partition coefficient (Wildman–Crippen LogP) is 5.26. The highest BCUT2D eigenvalue weighted by molar-refractivity contribution is 5.92. The van der Waals surface area contributed by atoms with Gasteiger partial charge in [0.15, 0.2) is 6.61 Å². The molecule has 0 heterocycles. The van der Waals surface area contributed by atoms with Crippen LogP contribution in [0.25, 0.3) is 0 Å². The smallest absolute Gasteiger partial charge is 0.262 e. The summed E-state index contributed by atoms with van der Waals surface area (Å²) in [6.07, 6.45) is 0. The number of nitrogens with zero attached hydrogens (tertiary/aromatic N) is 1. The van der Waals surface area contributed by atoms with E-state index in [1.54, 1.807) is 31.4 Å². The first-order valence-electron chi connectivity index (χ1n) is 9.58. The van der Waals surface area contributed by atoms with Crippen molar-refractivity contribution in [3.63, 3.8) is 0 Å². The second kappa shape index (κ2) is 9.64. The van der Waals surface area contributed by atoms with Gasteiger partial charge in [-0.2, -0.15) is 0 Å². The Bertz CT molecular complexity index is 907. The van der Waals surface area contributed by atoms with Gasteiger partial charge < -0.3 is 19.7 Å². The molecule has 1 N–H and O–H groups in total. The van der Waals surface area contributed by atoms with Gasteiger partial charge in [-0.3, -0.25) is 4.79 Å². The minimum atomic E-state index is -0.211. The molecule has 3 aromatic carbocycles. The number of carbonyl (C=O) groups excluding carboxylic acids is 1. The third-order valence-electron chi connectivity index (χ3n) is 4.41. The van der Waals surface area contributed by atoms with E-state index in [0.29, 0.717) is 11.8 Å². The molecule has 0 aromatic heterocycles. The first-order chi connectivity index (χ1) is 14.1. The largest absolute Gasteiger partial charge is 0.497 e. The van der Waals surface area contributed by atoms with Crippen molar-refractivity contribution in [3.05, 3.63) is 78.9 Å². The molecule has 29 heavy (non-hydrogen) atoms. The molecular weight excluding hydrogens is 364 g/mol. The van der Waals surface area contributed by atoms with Crippen LogP contribution in [0.4, 0.5) is 17.1 Å². The third kappa shape index (κ3) is 5.51. The highest BCUT2D eigenvalue weighted by Crippen LogP contribution is 2.28. The molecule has 0 radical (unpaired) electrons. The van der Waals surface area contributed by atoms with Crippen LogP contribution in [0, 0.1) is 0 Å². The van der Waals surface area contributed by atoms with Crippen LogP contribution < -0.4 is 19.7 Å². The fraction of sp³-hybridized carbons (Fsp3) is 0.208. The summed E-state index contributed by atoms with van der Waals surface area (Å²) in [5.41, 5.74) is 2.93. The lowest BCUT2D eigenvalue weighted by atomic mass is 10.2. The molecule has 0 aliphatic carbocycles. The molecule has 1 amide bonds. The number of para-hydroxylation sites is 1. The summed E-state index contributed by atoms with van der Waals surface area (Å²) in [6.45, 7) is 4.24. The molecule has 0 unspecified atom stereocenters. The Hall–Kier alpha value is -3.47. The van der Waals surface area contributed by atoms with Gasteiger partial charge in [0.05, 0.1) is 7.11 Å². The van der Waals surface area contributed by atoms with E-state index in [4.69, 9.17) is 9.47 Å². The second-order valence-corrected chi connectivity index (χ2v) is 6.86. The summed E-state index contributed by atoms with van der Waals surface area (Å²) in [7, 11) is 1.61. The molecule has 0 bridgehead atoms. The van der Waals surface area contributed by atoms with E-state index in [2.05, 4.69) is 36.2 Å². The number of methoxy groups -OCH3 is 1. The Labute approximate surface area is 171 Å². The van der Waals surface area contributed by atoms with Gasteiger partial charge in [0, 0.05) is 23.1 Å². The van der Waals surface area contributed by atoms with Crippen LogP contribution in [-0.4, -0.2) is 25.7 Å². The van der Waals surface area contributed by atoms with Crippen molar-refractivity contribution in [2.75, 3.05) is 23.9 Å². The highest BCUT2D eigenvalue weighted by Gasteiger charge is 2.13. The summed E-state index contributed by atoms with van der Waals surface area (Å²) in [6, 6.07) is 25.5. The van der Waals surface area contributed by atoms with Crippen LogP contribution in [0.5, 0.6) is 11.5 Å². The number of hydrogen-bond acceptors (Lipinski definition) is 4. The number of amides is 1. The number of anilines is 3. The van der Waals surface area contributed by atoms with Crippen molar-refractivity contribution in [1.29, 1.82) is 0 Å². The zero-order valence-electron chi connectivity index (χ0n) is 17.0. The molecule has 0 spiro atoms. The zero-order chi connectivity index (χ0) is 20.6. The van der Waals surface area contributed by atoms with Gasteiger partial charge in [-0.25, -0.2) is 0 Å². The minimum absolute atomic E-state index is 0.0593. The van der Waals surface area contributed by atoms with Gasteiger partial charge in [0.25, 0.3) is 5.91 Å². The topological polar surface area (TPSA) is 50.8 Å². The first kappa shape index (κ1) is 20.3. The fourth-order valence-electron chi connectivity index (χ4n) is 3.06. The molecule has 3 rings (SSSR count). The molecular formula is C24H26N2O3. The molecule has 150 valence electrons. The van der Waals surface area contributed by atoms with E-state index >= 15 is 0 Å². The lowest BCUT2D eigenvalue weighted by molar-refractivity contribution is -0.118. The second-order valence-electron chi connectivity index (χ2n) is 6.86. The summed E-state index contributed by atoms with van der Waals surface area (Å²) in [5.74, 6) is 1.15. The van der Waals surface area contributed by atoms with E-state index < -0.39 is 0 Å². The van der Waals surface area contributed by atoms with Gasteiger partial charge in [-0.15, -0.1) is 0 Å². The minimum Gasteiger partial charge on any atom is -0.497 e. The first-order valence-corrected chi connectivity index (χ1v) is 9.58. The van der Waals surface area contributed by atoms with E-state index in [1.807, 2.05) is 42.5 Å². The van der Waals surface area contributed by atoms with Crippen molar-refractivity contribution in [2.24, 2.45) is 0 Å². The zero-order valence-corrected chi connectivity index (χ0v) is 17.0. The van der Waals surface area contributed by atoms with Crippen molar-refractivity contribution in [3.8, 4) is 11.5 Å². The maximum Gasteiger partial charge on any atom is 0.262 e. The van der Waals surface area contributed by atoms with Crippen LogP contribution in [-0.2, 0) is 4.79 Å².